The van der Waals surface area contributed by atoms with E-state index < -0.39 is 5.91 Å². The molecule has 2 aromatic carbocycles. The SMILES string of the molecule is Cc1ccc(NC(=O)c2c(C)c(Cl)cc(C(C)(C)C)c2O)c(Cl)c1. The van der Waals surface area contributed by atoms with Crippen LogP contribution in [0.1, 0.15) is 47.8 Å². The van der Waals surface area contributed by atoms with Gasteiger partial charge in [0, 0.05) is 10.6 Å². The molecule has 0 unspecified atom stereocenters. The highest BCUT2D eigenvalue weighted by Crippen LogP contribution is 2.39. The molecule has 0 aliphatic rings. The molecular weight excluding hydrogens is 345 g/mol. The van der Waals surface area contributed by atoms with Crippen molar-refractivity contribution in [3.63, 3.8) is 0 Å². The fraction of sp³-hybridized carbons (Fsp3) is 0.316. The van der Waals surface area contributed by atoms with Crippen molar-refractivity contribution >= 4 is 34.8 Å². The predicted octanol–water partition coefficient (Wildman–Crippen LogP) is 5.87. The molecule has 3 nitrogen and oxygen atoms in total. The normalized spacial score (nSPS) is 11.5. The number of phenolic OH excluding ortho intramolecular Hbond substituents is 1. The summed E-state index contributed by atoms with van der Waals surface area (Å²) in [5, 5.41) is 14.3. The molecule has 0 radical (unpaired) electrons. The molecule has 2 N–H and O–H groups in total. The van der Waals surface area contributed by atoms with E-state index in [-0.39, 0.29) is 16.7 Å². The average molecular weight is 366 g/mol. The number of aromatic hydroxyl groups is 1. The van der Waals surface area contributed by atoms with Crippen LogP contribution in [0.15, 0.2) is 24.3 Å². The van der Waals surface area contributed by atoms with Crippen LogP contribution in [-0.2, 0) is 5.41 Å². The van der Waals surface area contributed by atoms with Crippen molar-refractivity contribution in [1.82, 2.24) is 0 Å². The molecule has 0 atom stereocenters. The minimum atomic E-state index is -0.441. The maximum atomic E-state index is 12.7. The monoisotopic (exact) mass is 365 g/mol. The van der Waals surface area contributed by atoms with Gasteiger partial charge in [0.1, 0.15) is 5.75 Å². The topological polar surface area (TPSA) is 49.3 Å². The summed E-state index contributed by atoms with van der Waals surface area (Å²) in [4.78, 5) is 12.7. The first kappa shape index (κ1) is 18.6. The van der Waals surface area contributed by atoms with E-state index in [4.69, 9.17) is 23.2 Å². The van der Waals surface area contributed by atoms with Gasteiger partial charge in [-0.05, 0) is 48.6 Å². The van der Waals surface area contributed by atoms with Gasteiger partial charge in [-0.25, -0.2) is 0 Å². The zero-order chi connectivity index (χ0) is 18.2. The Morgan fingerprint density at radius 3 is 2.25 bits per heavy atom. The summed E-state index contributed by atoms with van der Waals surface area (Å²) in [5.74, 6) is -0.492. The number of rotatable bonds is 2. The van der Waals surface area contributed by atoms with E-state index in [2.05, 4.69) is 5.32 Å². The molecule has 0 bridgehead atoms. The van der Waals surface area contributed by atoms with E-state index >= 15 is 0 Å². The van der Waals surface area contributed by atoms with Crippen LogP contribution in [0.25, 0.3) is 0 Å². The molecule has 0 aliphatic carbocycles. The van der Waals surface area contributed by atoms with Crippen LogP contribution in [0, 0.1) is 13.8 Å². The van der Waals surface area contributed by atoms with Crippen LogP contribution in [-0.4, -0.2) is 11.0 Å². The number of anilines is 1. The number of phenols is 1. The smallest absolute Gasteiger partial charge is 0.259 e. The zero-order valence-corrected chi connectivity index (χ0v) is 15.9. The van der Waals surface area contributed by atoms with Gasteiger partial charge in [0.25, 0.3) is 5.91 Å². The van der Waals surface area contributed by atoms with Crippen LogP contribution in [0.3, 0.4) is 0 Å². The maximum Gasteiger partial charge on any atom is 0.259 e. The molecule has 128 valence electrons. The third-order valence-corrected chi connectivity index (χ3v) is 4.61. The Labute approximate surface area is 152 Å². The first-order valence-corrected chi connectivity index (χ1v) is 8.38. The minimum absolute atomic E-state index is 0.0508. The van der Waals surface area contributed by atoms with Gasteiger partial charge in [-0.15, -0.1) is 0 Å². The third kappa shape index (κ3) is 3.68. The van der Waals surface area contributed by atoms with Gasteiger partial charge in [0.15, 0.2) is 0 Å². The van der Waals surface area contributed by atoms with E-state index in [0.29, 0.717) is 26.9 Å². The van der Waals surface area contributed by atoms with Gasteiger partial charge >= 0.3 is 0 Å². The van der Waals surface area contributed by atoms with Crippen LogP contribution in [0.4, 0.5) is 5.69 Å². The Morgan fingerprint density at radius 1 is 1.08 bits per heavy atom. The number of aryl methyl sites for hydroxylation is 1. The summed E-state index contributed by atoms with van der Waals surface area (Å²) in [6.45, 7) is 9.48. The first-order chi connectivity index (χ1) is 11.0. The van der Waals surface area contributed by atoms with Gasteiger partial charge < -0.3 is 10.4 Å². The largest absolute Gasteiger partial charge is 0.507 e. The Hall–Kier alpha value is -1.71. The summed E-state index contributed by atoms with van der Waals surface area (Å²) >= 11 is 12.5. The highest BCUT2D eigenvalue weighted by molar-refractivity contribution is 6.34. The van der Waals surface area contributed by atoms with Gasteiger partial charge in [-0.1, -0.05) is 50.0 Å². The molecule has 0 aliphatic heterocycles. The van der Waals surface area contributed by atoms with E-state index in [1.54, 1.807) is 25.1 Å². The second kappa shape index (κ2) is 6.66. The van der Waals surface area contributed by atoms with E-state index in [9.17, 15) is 9.90 Å². The van der Waals surface area contributed by atoms with Crippen LogP contribution < -0.4 is 5.32 Å². The lowest BCUT2D eigenvalue weighted by molar-refractivity contribution is 0.102. The number of halogens is 2. The van der Waals surface area contributed by atoms with E-state index in [1.807, 2.05) is 33.8 Å². The fourth-order valence-corrected chi connectivity index (χ4v) is 2.98. The highest BCUT2D eigenvalue weighted by Gasteiger charge is 2.26. The number of carbonyl (C=O) groups is 1. The van der Waals surface area contributed by atoms with E-state index in [1.165, 1.54) is 0 Å². The summed E-state index contributed by atoms with van der Waals surface area (Å²) < 4.78 is 0. The van der Waals surface area contributed by atoms with Crippen molar-refractivity contribution in [3.8, 4) is 5.75 Å². The highest BCUT2D eigenvalue weighted by atomic mass is 35.5. The summed E-state index contributed by atoms with van der Waals surface area (Å²) in [6.07, 6.45) is 0. The Morgan fingerprint density at radius 2 is 1.71 bits per heavy atom. The molecule has 5 heteroatoms. The average Bonchev–Trinajstić information content (AvgIpc) is 2.45. The number of nitrogens with one attached hydrogen (secondary N) is 1. The number of hydrogen-bond acceptors (Lipinski definition) is 2. The van der Waals surface area contributed by atoms with Crippen molar-refractivity contribution in [2.45, 2.75) is 40.0 Å². The second-order valence-electron chi connectivity index (χ2n) is 6.94. The molecule has 2 rings (SSSR count). The number of carbonyl (C=O) groups excluding carboxylic acids is 1. The molecule has 24 heavy (non-hydrogen) atoms. The van der Waals surface area contributed by atoms with Crippen LogP contribution in [0.5, 0.6) is 5.75 Å². The van der Waals surface area contributed by atoms with Gasteiger partial charge in [0.2, 0.25) is 0 Å². The molecule has 2 aromatic rings. The standard InChI is InChI=1S/C19H21Cl2NO2/c1-10-6-7-15(14(21)8-10)22-18(24)16-11(2)13(20)9-12(17(16)23)19(3,4)5/h6-9,23H,1-5H3,(H,22,24). The quantitative estimate of drug-likeness (QED) is 0.699. The van der Waals surface area contributed by atoms with Gasteiger partial charge in [-0.2, -0.15) is 0 Å². The molecule has 0 heterocycles. The number of benzene rings is 2. The van der Waals surface area contributed by atoms with Gasteiger partial charge in [-0.3, -0.25) is 4.79 Å². The third-order valence-electron chi connectivity index (χ3n) is 3.90. The molecule has 0 saturated heterocycles. The second-order valence-corrected chi connectivity index (χ2v) is 7.76. The lowest BCUT2D eigenvalue weighted by atomic mass is 9.84. The van der Waals surface area contributed by atoms with Crippen molar-refractivity contribution in [2.75, 3.05) is 5.32 Å². The van der Waals surface area contributed by atoms with Crippen molar-refractivity contribution in [3.05, 3.63) is 56.6 Å². The summed E-state index contributed by atoms with van der Waals surface area (Å²) in [6, 6.07) is 7.06. The minimum Gasteiger partial charge on any atom is -0.507 e. The number of hydrogen-bond donors (Lipinski definition) is 2. The van der Waals surface area contributed by atoms with Crippen molar-refractivity contribution < 1.29 is 9.90 Å². The molecule has 0 aromatic heterocycles. The van der Waals surface area contributed by atoms with Crippen LogP contribution in [0.2, 0.25) is 10.0 Å². The summed E-state index contributed by atoms with van der Waals surface area (Å²) in [5.41, 5.74) is 2.46. The maximum absolute atomic E-state index is 12.7. The van der Waals surface area contributed by atoms with Crippen molar-refractivity contribution in [1.29, 1.82) is 0 Å². The lowest BCUT2D eigenvalue weighted by Crippen LogP contribution is -2.18. The number of amides is 1. The Balaban J connectivity index is 2.51. The summed E-state index contributed by atoms with van der Waals surface area (Å²) in [7, 11) is 0. The molecule has 1 amide bonds. The van der Waals surface area contributed by atoms with Gasteiger partial charge in [0.05, 0.1) is 16.3 Å². The Bertz CT molecular complexity index is 808. The lowest BCUT2D eigenvalue weighted by Gasteiger charge is -2.23. The zero-order valence-electron chi connectivity index (χ0n) is 14.4. The molecular formula is C19H21Cl2NO2. The Kier molecular flexibility index (Phi) is 5.17. The molecule has 0 saturated carbocycles. The molecule has 0 fully saturated rings. The van der Waals surface area contributed by atoms with Crippen molar-refractivity contribution in [2.24, 2.45) is 0 Å². The van der Waals surface area contributed by atoms with E-state index in [0.717, 1.165) is 5.56 Å². The molecule has 0 spiro atoms. The first-order valence-electron chi connectivity index (χ1n) is 7.62. The van der Waals surface area contributed by atoms with Crippen LogP contribution >= 0.6 is 23.2 Å². The fourth-order valence-electron chi connectivity index (χ4n) is 2.49. The predicted molar refractivity (Wildman–Crippen MR) is 101 cm³/mol.